The average Bonchev–Trinajstić information content (AvgIpc) is 3.22. The van der Waals surface area contributed by atoms with E-state index in [9.17, 15) is 0 Å². The van der Waals surface area contributed by atoms with Gasteiger partial charge in [-0.15, -0.1) is 34.2 Å². The summed E-state index contributed by atoms with van der Waals surface area (Å²) in [5.74, 6) is 1.83. The summed E-state index contributed by atoms with van der Waals surface area (Å²) >= 11 is 6.09. The Morgan fingerprint density at radius 1 is 1.19 bits per heavy atom. The molecule has 8 nitrogen and oxygen atoms in total. The van der Waals surface area contributed by atoms with E-state index in [1.807, 2.05) is 18.2 Å². The number of halogens is 2. The van der Waals surface area contributed by atoms with E-state index in [2.05, 4.69) is 43.3 Å². The van der Waals surface area contributed by atoms with Crippen LogP contribution in [-0.4, -0.2) is 78.1 Å². The number of aliphatic imine (C=N–C) groups is 1. The van der Waals surface area contributed by atoms with Crippen LogP contribution in [0.25, 0.3) is 0 Å². The molecule has 31 heavy (non-hydrogen) atoms. The summed E-state index contributed by atoms with van der Waals surface area (Å²) in [6, 6.07) is 7.98. The molecule has 2 heterocycles. The van der Waals surface area contributed by atoms with Gasteiger partial charge in [0.25, 0.3) is 0 Å². The highest BCUT2D eigenvalue weighted by Crippen LogP contribution is 2.10. The number of hydrogen-bond donors (Lipinski definition) is 2. The minimum absolute atomic E-state index is 0. The van der Waals surface area contributed by atoms with Crippen molar-refractivity contribution in [1.82, 2.24) is 30.3 Å². The number of benzene rings is 1. The summed E-state index contributed by atoms with van der Waals surface area (Å²) in [6.45, 7) is 9.70. The third-order valence-corrected chi connectivity index (χ3v) is 5.28. The molecule has 2 aromatic rings. The van der Waals surface area contributed by atoms with Crippen LogP contribution < -0.4 is 10.6 Å². The number of morpholine rings is 1. The van der Waals surface area contributed by atoms with Crippen molar-refractivity contribution in [1.29, 1.82) is 0 Å². The Morgan fingerprint density at radius 2 is 2.00 bits per heavy atom. The average molecular weight is 562 g/mol. The molecule has 1 aliphatic rings. The van der Waals surface area contributed by atoms with Crippen LogP contribution in [0.15, 0.2) is 35.6 Å². The van der Waals surface area contributed by atoms with Gasteiger partial charge in [-0.1, -0.05) is 30.7 Å². The summed E-state index contributed by atoms with van der Waals surface area (Å²) in [5, 5.41) is 15.8. The number of hydrogen-bond acceptors (Lipinski definition) is 5. The van der Waals surface area contributed by atoms with Crippen molar-refractivity contribution < 1.29 is 4.74 Å². The molecule has 0 aliphatic carbocycles. The van der Waals surface area contributed by atoms with Gasteiger partial charge in [0, 0.05) is 50.7 Å². The second kappa shape index (κ2) is 14.6. The largest absolute Gasteiger partial charge is 0.379 e. The van der Waals surface area contributed by atoms with E-state index in [1.54, 1.807) is 6.33 Å². The third-order valence-electron chi connectivity index (χ3n) is 5.04. The number of aromatic nitrogens is 3. The first-order valence-electron chi connectivity index (χ1n) is 10.7. The SMILES string of the molecule is CCc1nncn1CCNC(=NCCN1CCOCC1)NCCc1cccc(Cl)c1.I. The summed E-state index contributed by atoms with van der Waals surface area (Å²) in [5.41, 5.74) is 1.21. The normalized spacial score (nSPS) is 14.8. The molecule has 0 radical (unpaired) electrons. The fraction of sp³-hybridized carbons (Fsp3) is 0.571. The van der Waals surface area contributed by atoms with Crippen molar-refractivity contribution in [3.63, 3.8) is 0 Å². The lowest BCUT2D eigenvalue weighted by Crippen LogP contribution is -2.41. The monoisotopic (exact) mass is 561 g/mol. The molecule has 0 amide bonds. The van der Waals surface area contributed by atoms with Gasteiger partial charge < -0.3 is 19.9 Å². The van der Waals surface area contributed by atoms with Crippen LogP contribution in [0.4, 0.5) is 0 Å². The lowest BCUT2D eigenvalue weighted by atomic mass is 10.1. The Kier molecular flexibility index (Phi) is 12.2. The van der Waals surface area contributed by atoms with Crippen LogP contribution in [0.2, 0.25) is 5.02 Å². The van der Waals surface area contributed by atoms with Gasteiger partial charge in [-0.05, 0) is 24.1 Å². The second-order valence-corrected chi connectivity index (χ2v) is 7.65. The van der Waals surface area contributed by atoms with E-state index >= 15 is 0 Å². The lowest BCUT2D eigenvalue weighted by Gasteiger charge is -2.25. The lowest BCUT2D eigenvalue weighted by molar-refractivity contribution is 0.0394. The van der Waals surface area contributed by atoms with Crippen LogP contribution in [-0.2, 0) is 24.1 Å². The molecule has 1 aliphatic heterocycles. The van der Waals surface area contributed by atoms with E-state index < -0.39 is 0 Å². The highest BCUT2D eigenvalue weighted by molar-refractivity contribution is 14.0. The van der Waals surface area contributed by atoms with Crippen LogP contribution in [0, 0.1) is 0 Å². The third kappa shape index (κ3) is 9.30. The maximum Gasteiger partial charge on any atom is 0.191 e. The van der Waals surface area contributed by atoms with Crippen LogP contribution >= 0.6 is 35.6 Å². The minimum Gasteiger partial charge on any atom is -0.379 e. The summed E-state index contributed by atoms with van der Waals surface area (Å²) < 4.78 is 7.49. The Balaban J connectivity index is 0.00000341. The van der Waals surface area contributed by atoms with Crippen molar-refractivity contribution in [3.05, 3.63) is 47.0 Å². The van der Waals surface area contributed by atoms with Crippen molar-refractivity contribution in [2.24, 2.45) is 4.99 Å². The van der Waals surface area contributed by atoms with Gasteiger partial charge >= 0.3 is 0 Å². The highest BCUT2D eigenvalue weighted by atomic mass is 127. The first-order valence-corrected chi connectivity index (χ1v) is 11.1. The Bertz CT molecular complexity index is 796. The molecule has 1 aromatic carbocycles. The number of guanidine groups is 1. The van der Waals surface area contributed by atoms with Gasteiger partial charge in [0.2, 0.25) is 0 Å². The standard InChI is InChI=1S/C21H32ClN7O.HI/c1-2-20-27-26-17-29(20)11-9-25-21(24-8-10-28-12-14-30-15-13-28)23-7-6-18-4-3-5-19(22)16-18;/h3-5,16-17H,2,6-15H2,1H3,(H2,23,24,25);1H. The molecule has 3 rings (SSSR count). The molecule has 1 aromatic heterocycles. The highest BCUT2D eigenvalue weighted by Gasteiger charge is 2.09. The predicted octanol–water partition coefficient (Wildman–Crippen LogP) is 2.22. The molecule has 1 fully saturated rings. The maximum absolute atomic E-state index is 6.09. The van der Waals surface area contributed by atoms with Crippen molar-refractivity contribution in [2.75, 3.05) is 52.5 Å². The first kappa shape index (κ1) is 25.8. The zero-order valence-corrected chi connectivity index (χ0v) is 21.2. The molecule has 0 saturated carbocycles. The Hall–Kier alpha value is -1.43. The number of rotatable bonds is 10. The second-order valence-electron chi connectivity index (χ2n) is 7.21. The number of aryl methyl sites for hydroxylation is 1. The molecular formula is C21H33ClIN7O. The number of nitrogens with zero attached hydrogens (tertiary/aromatic N) is 5. The van der Waals surface area contributed by atoms with Gasteiger partial charge in [-0.2, -0.15) is 0 Å². The smallest absolute Gasteiger partial charge is 0.191 e. The summed E-state index contributed by atoms with van der Waals surface area (Å²) in [4.78, 5) is 7.16. The molecule has 172 valence electrons. The molecule has 0 atom stereocenters. The van der Waals surface area contributed by atoms with E-state index in [0.717, 1.165) is 88.7 Å². The van der Waals surface area contributed by atoms with E-state index in [-0.39, 0.29) is 24.0 Å². The quantitative estimate of drug-likeness (QED) is 0.263. The van der Waals surface area contributed by atoms with Crippen LogP contribution in [0.5, 0.6) is 0 Å². The molecule has 0 spiro atoms. The Morgan fingerprint density at radius 3 is 2.77 bits per heavy atom. The molecule has 0 bridgehead atoms. The van der Waals surface area contributed by atoms with Crippen LogP contribution in [0.1, 0.15) is 18.3 Å². The zero-order chi connectivity index (χ0) is 21.0. The number of ether oxygens (including phenoxy) is 1. The first-order chi connectivity index (χ1) is 14.7. The fourth-order valence-electron chi connectivity index (χ4n) is 3.35. The van der Waals surface area contributed by atoms with Gasteiger partial charge in [0.1, 0.15) is 12.2 Å². The minimum atomic E-state index is 0. The summed E-state index contributed by atoms with van der Waals surface area (Å²) in [7, 11) is 0. The summed E-state index contributed by atoms with van der Waals surface area (Å²) in [6.07, 6.45) is 3.54. The van der Waals surface area contributed by atoms with Crippen molar-refractivity contribution >= 4 is 41.5 Å². The molecule has 10 heteroatoms. The predicted molar refractivity (Wildman–Crippen MR) is 136 cm³/mol. The van der Waals surface area contributed by atoms with Crippen molar-refractivity contribution in [3.8, 4) is 0 Å². The van der Waals surface area contributed by atoms with Gasteiger partial charge in [-0.3, -0.25) is 9.89 Å². The topological polar surface area (TPSA) is 79.6 Å². The van der Waals surface area contributed by atoms with E-state index in [0.29, 0.717) is 0 Å². The molecule has 0 unspecified atom stereocenters. The van der Waals surface area contributed by atoms with Crippen LogP contribution in [0.3, 0.4) is 0 Å². The van der Waals surface area contributed by atoms with E-state index in [4.69, 9.17) is 21.3 Å². The zero-order valence-electron chi connectivity index (χ0n) is 18.1. The Labute approximate surface area is 206 Å². The van der Waals surface area contributed by atoms with Gasteiger partial charge in [-0.25, -0.2) is 0 Å². The molecular weight excluding hydrogens is 529 g/mol. The molecule has 2 N–H and O–H groups in total. The van der Waals surface area contributed by atoms with Gasteiger partial charge in [0.15, 0.2) is 5.96 Å². The molecule has 1 saturated heterocycles. The fourth-order valence-corrected chi connectivity index (χ4v) is 3.57. The maximum atomic E-state index is 6.09. The van der Waals surface area contributed by atoms with Gasteiger partial charge in [0.05, 0.1) is 19.8 Å². The van der Waals surface area contributed by atoms with E-state index in [1.165, 1.54) is 5.56 Å². The van der Waals surface area contributed by atoms with Crippen molar-refractivity contribution in [2.45, 2.75) is 26.3 Å². The number of nitrogens with one attached hydrogen (secondary N) is 2.